The molecule has 2 fully saturated rings. The van der Waals surface area contributed by atoms with Gasteiger partial charge < -0.3 is 14.8 Å². The van der Waals surface area contributed by atoms with Gasteiger partial charge in [0.1, 0.15) is 6.10 Å². The van der Waals surface area contributed by atoms with Gasteiger partial charge in [0.2, 0.25) is 5.91 Å². The van der Waals surface area contributed by atoms with E-state index in [1.165, 1.54) is 6.42 Å². The molecule has 0 bridgehead atoms. The summed E-state index contributed by atoms with van der Waals surface area (Å²) in [4.78, 5) is 26.3. The molecule has 136 valence electrons. The quantitative estimate of drug-likeness (QED) is 0.830. The van der Waals surface area contributed by atoms with Crippen molar-refractivity contribution in [3.63, 3.8) is 0 Å². The van der Waals surface area contributed by atoms with E-state index in [-0.39, 0.29) is 18.0 Å². The zero-order valence-electron chi connectivity index (χ0n) is 14.5. The Morgan fingerprint density at radius 1 is 1.08 bits per heavy atom. The van der Waals surface area contributed by atoms with Gasteiger partial charge in [-0.15, -0.1) is 0 Å². The molecule has 0 unspecified atom stereocenters. The number of hydrogen-bond donors (Lipinski definition) is 1. The number of amides is 1. The van der Waals surface area contributed by atoms with Gasteiger partial charge in [0.05, 0.1) is 25.3 Å². The minimum Gasteiger partial charge on any atom is -0.459 e. The first-order chi connectivity index (χ1) is 12.2. The maximum absolute atomic E-state index is 12.2. The third-order valence-corrected chi connectivity index (χ3v) is 4.70. The molecule has 3 rings (SSSR count). The van der Waals surface area contributed by atoms with Gasteiger partial charge >= 0.3 is 5.97 Å². The molecule has 1 aromatic carbocycles. The lowest BCUT2D eigenvalue weighted by Gasteiger charge is -2.25. The van der Waals surface area contributed by atoms with Crippen molar-refractivity contribution in [2.75, 3.05) is 38.2 Å². The minimum atomic E-state index is -0.280. The number of nitrogens with one attached hydrogen (secondary N) is 1. The lowest BCUT2D eigenvalue weighted by atomic mass is 9.98. The van der Waals surface area contributed by atoms with Crippen molar-refractivity contribution in [1.29, 1.82) is 0 Å². The van der Waals surface area contributed by atoms with E-state index in [1.54, 1.807) is 24.3 Å². The Balaban J connectivity index is 1.47. The van der Waals surface area contributed by atoms with Crippen LogP contribution in [0.3, 0.4) is 0 Å². The molecule has 1 aliphatic carbocycles. The van der Waals surface area contributed by atoms with Crippen LogP contribution in [0.4, 0.5) is 5.69 Å². The molecular formula is C19H26N2O4. The minimum absolute atomic E-state index is 0.0501. The Morgan fingerprint density at radius 2 is 1.76 bits per heavy atom. The number of carbonyl (C=O) groups excluding carboxylic acids is 2. The van der Waals surface area contributed by atoms with Crippen molar-refractivity contribution in [2.24, 2.45) is 0 Å². The normalized spacial score (nSPS) is 19.4. The van der Waals surface area contributed by atoms with Crippen molar-refractivity contribution in [3.05, 3.63) is 29.8 Å². The van der Waals surface area contributed by atoms with E-state index < -0.39 is 0 Å². The average Bonchev–Trinajstić information content (AvgIpc) is 2.64. The monoisotopic (exact) mass is 346 g/mol. The molecule has 0 spiro atoms. The number of hydrogen-bond acceptors (Lipinski definition) is 5. The van der Waals surface area contributed by atoms with Crippen molar-refractivity contribution in [2.45, 2.75) is 38.2 Å². The van der Waals surface area contributed by atoms with Crippen LogP contribution < -0.4 is 5.32 Å². The first-order valence-electron chi connectivity index (χ1n) is 9.12. The smallest absolute Gasteiger partial charge is 0.338 e. The zero-order valence-corrected chi connectivity index (χ0v) is 14.5. The highest BCUT2D eigenvalue weighted by Gasteiger charge is 2.19. The van der Waals surface area contributed by atoms with Crippen LogP contribution in [-0.2, 0) is 14.3 Å². The molecule has 1 aromatic rings. The molecule has 6 heteroatoms. The summed E-state index contributed by atoms with van der Waals surface area (Å²) in [5.74, 6) is -0.336. The fourth-order valence-electron chi connectivity index (χ4n) is 3.25. The standard InChI is InChI=1S/C19H26N2O4/c22-18(14-21-10-12-24-13-11-21)20-16-8-6-15(7-9-16)19(23)25-17-4-2-1-3-5-17/h6-9,17H,1-5,10-14H2,(H,20,22). The lowest BCUT2D eigenvalue weighted by Crippen LogP contribution is -2.41. The highest BCUT2D eigenvalue weighted by Crippen LogP contribution is 2.21. The predicted molar refractivity (Wildman–Crippen MR) is 94.6 cm³/mol. The van der Waals surface area contributed by atoms with E-state index in [2.05, 4.69) is 10.2 Å². The van der Waals surface area contributed by atoms with Gasteiger partial charge in [-0.25, -0.2) is 4.79 Å². The largest absolute Gasteiger partial charge is 0.459 e. The van der Waals surface area contributed by atoms with Crippen LogP contribution >= 0.6 is 0 Å². The molecule has 6 nitrogen and oxygen atoms in total. The Kier molecular flexibility index (Phi) is 6.42. The molecular weight excluding hydrogens is 320 g/mol. The molecule has 25 heavy (non-hydrogen) atoms. The van der Waals surface area contributed by atoms with Gasteiger partial charge in [0.15, 0.2) is 0 Å². The number of nitrogens with zero attached hydrogens (tertiary/aromatic N) is 1. The van der Waals surface area contributed by atoms with Crippen molar-refractivity contribution < 1.29 is 19.1 Å². The fourth-order valence-corrected chi connectivity index (χ4v) is 3.25. The number of ether oxygens (including phenoxy) is 2. The summed E-state index contributed by atoms with van der Waals surface area (Å²) >= 11 is 0. The van der Waals surface area contributed by atoms with E-state index in [1.807, 2.05) is 0 Å². The number of carbonyl (C=O) groups is 2. The second-order valence-corrected chi connectivity index (χ2v) is 6.68. The van der Waals surface area contributed by atoms with Crippen LogP contribution in [0, 0.1) is 0 Å². The maximum atomic E-state index is 12.2. The topological polar surface area (TPSA) is 67.9 Å². The van der Waals surface area contributed by atoms with E-state index in [0.717, 1.165) is 38.8 Å². The lowest BCUT2D eigenvalue weighted by molar-refractivity contribution is -0.118. The summed E-state index contributed by atoms with van der Waals surface area (Å²) in [6.45, 7) is 3.25. The third-order valence-electron chi connectivity index (χ3n) is 4.70. The Hall–Kier alpha value is -1.92. The average molecular weight is 346 g/mol. The first-order valence-corrected chi connectivity index (χ1v) is 9.12. The summed E-state index contributed by atoms with van der Waals surface area (Å²) in [5.41, 5.74) is 1.21. The Labute approximate surface area is 148 Å². The number of anilines is 1. The highest BCUT2D eigenvalue weighted by molar-refractivity contribution is 5.94. The third kappa shape index (κ3) is 5.54. The van der Waals surface area contributed by atoms with Crippen LogP contribution in [0.1, 0.15) is 42.5 Å². The summed E-state index contributed by atoms with van der Waals surface area (Å²) in [5, 5.41) is 2.86. The maximum Gasteiger partial charge on any atom is 0.338 e. The molecule has 0 atom stereocenters. The predicted octanol–water partition coefficient (Wildman–Crippen LogP) is 2.45. The van der Waals surface area contributed by atoms with E-state index in [0.29, 0.717) is 31.0 Å². The van der Waals surface area contributed by atoms with Gasteiger partial charge in [-0.1, -0.05) is 6.42 Å². The van der Waals surface area contributed by atoms with Crippen molar-refractivity contribution in [1.82, 2.24) is 4.90 Å². The number of morpholine rings is 1. The summed E-state index contributed by atoms with van der Waals surface area (Å²) < 4.78 is 10.8. The zero-order chi connectivity index (χ0) is 17.5. The van der Waals surface area contributed by atoms with Gasteiger partial charge in [0, 0.05) is 18.8 Å². The van der Waals surface area contributed by atoms with Crippen LogP contribution in [0.2, 0.25) is 0 Å². The first kappa shape index (κ1) is 17.9. The molecule has 1 N–H and O–H groups in total. The highest BCUT2D eigenvalue weighted by atomic mass is 16.5. The van der Waals surface area contributed by atoms with Crippen molar-refractivity contribution >= 4 is 17.6 Å². The molecule has 2 aliphatic rings. The van der Waals surface area contributed by atoms with Gasteiger partial charge in [-0.3, -0.25) is 9.69 Å². The SMILES string of the molecule is O=C(CN1CCOCC1)Nc1ccc(C(=O)OC2CCCCC2)cc1. The molecule has 1 heterocycles. The van der Waals surface area contributed by atoms with E-state index in [4.69, 9.17) is 9.47 Å². The molecule has 1 aliphatic heterocycles. The van der Waals surface area contributed by atoms with E-state index in [9.17, 15) is 9.59 Å². The molecule has 1 saturated carbocycles. The van der Waals surface area contributed by atoms with Crippen LogP contribution in [0.15, 0.2) is 24.3 Å². The molecule has 0 aromatic heterocycles. The Morgan fingerprint density at radius 3 is 2.44 bits per heavy atom. The number of benzene rings is 1. The summed E-state index contributed by atoms with van der Waals surface area (Å²) in [7, 11) is 0. The van der Waals surface area contributed by atoms with Crippen LogP contribution in [-0.4, -0.2) is 55.7 Å². The Bertz CT molecular complexity index is 576. The van der Waals surface area contributed by atoms with Gasteiger partial charge in [-0.2, -0.15) is 0 Å². The summed E-state index contributed by atoms with van der Waals surface area (Å²) in [6.07, 6.45) is 5.46. The van der Waals surface area contributed by atoms with Gasteiger partial charge in [-0.05, 0) is 49.9 Å². The van der Waals surface area contributed by atoms with E-state index >= 15 is 0 Å². The second kappa shape index (κ2) is 8.97. The van der Waals surface area contributed by atoms with Crippen LogP contribution in [0.25, 0.3) is 0 Å². The molecule has 0 radical (unpaired) electrons. The number of rotatable bonds is 5. The van der Waals surface area contributed by atoms with Crippen LogP contribution in [0.5, 0.6) is 0 Å². The van der Waals surface area contributed by atoms with Gasteiger partial charge in [0.25, 0.3) is 0 Å². The number of esters is 1. The van der Waals surface area contributed by atoms with Crippen molar-refractivity contribution in [3.8, 4) is 0 Å². The molecule has 1 saturated heterocycles. The summed E-state index contributed by atoms with van der Waals surface area (Å²) in [6, 6.07) is 6.90. The molecule has 1 amide bonds. The fraction of sp³-hybridized carbons (Fsp3) is 0.579. The second-order valence-electron chi connectivity index (χ2n) is 6.68.